The van der Waals surface area contributed by atoms with Crippen molar-refractivity contribution in [1.29, 1.82) is 0 Å². The van der Waals surface area contributed by atoms with Gasteiger partial charge in [-0.2, -0.15) is 0 Å². The van der Waals surface area contributed by atoms with Gasteiger partial charge in [0.25, 0.3) is 5.69 Å². The van der Waals surface area contributed by atoms with Gasteiger partial charge in [-0.15, -0.1) is 0 Å². The third-order valence-corrected chi connectivity index (χ3v) is 4.11. The molecule has 8 heteroatoms. The van der Waals surface area contributed by atoms with Crippen LogP contribution in [0.2, 0.25) is 0 Å². The lowest BCUT2D eigenvalue weighted by molar-refractivity contribution is -0.384. The van der Waals surface area contributed by atoms with Crippen LogP contribution in [0.3, 0.4) is 0 Å². The number of hydrogen-bond donors (Lipinski definition) is 0. The molecule has 1 amide bonds. The summed E-state index contributed by atoms with van der Waals surface area (Å²) in [6.07, 6.45) is -0.197. The number of piperidine rings is 1. The molecule has 0 aliphatic carbocycles. The molecule has 0 bridgehead atoms. The van der Waals surface area contributed by atoms with E-state index < -0.39 is 28.7 Å². The zero-order chi connectivity index (χ0) is 19.5. The monoisotopic (exact) mass is 364 g/mol. The highest BCUT2D eigenvalue weighted by atomic mass is 16.6. The average Bonchev–Trinajstić information content (AvgIpc) is 2.55. The van der Waals surface area contributed by atoms with Crippen LogP contribution in [0.25, 0.3) is 0 Å². The highest BCUT2D eigenvalue weighted by Crippen LogP contribution is 2.23. The SMILES string of the molecule is C[C@@H]1CCN(C(=O)OC(C)(C)C)C[C@H]1OC(=O)c1ccc([N+](=O)[O-])cc1. The van der Waals surface area contributed by atoms with Crippen molar-refractivity contribution in [1.82, 2.24) is 4.90 Å². The van der Waals surface area contributed by atoms with E-state index in [0.29, 0.717) is 13.0 Å². The number of esters is 1. The molecule has 1 aromatic carbocycles. The van der Waals surface area contributed by atoms with Crippen LogP contribution in [0.4, 0.5) is 10.5 Å². The van der Waals surface area contributed by atoms with Gasteiger partial charge in [-0.1, -0.05) is 6.92 Å². The number of nitro benzene ring substituents is 1. The van der Waals surface area contributed by atoms with Gasteiger partial charge < -0.3 is 14.4 Å². The lowest BCUT2D eigenvalue weighted by atomic mass is 9.96. The maximum Gasteiger partial charge on any atom is 0.410 e. The van der Waals surface area contributed by atoms with Gasteiger partial charge in [0.2, 0.25) is 0 Å². The largest absolute Gasteiger partial charge is 0.457 e. The predicted octanol–water partition coefficient (Wildman–Crippen LogP) is 3.40. The van der Waals surface area contributed by atoms with Gasteiger partial charge in [0.05, 0.1) is 17.0 Å². The van der Waals surface area contributed by atoms with Crippen molar-refractivity contribution in [3.05, 3.63) is 39.9 Å². The molecule has 0 unspecified atom stereocenters. The average molecular weight is 364 g/mol. The summed E-state index contributed by atoms with van der Waals surface area (Å²) in [5.41, 5.74) is -0.452. The number of non-ortho nitro benzene ring substituents is 1. The van der Waals surface area contributed by atoms with E-state index in [0.717, 1.165) is 0 Å². The van der Waals surface area contributed by atoms with Gasteiger partial charge in [0.1, 0.15) is 11.7 Å². The molecule has 1 saturated heterocycles. The Balaban J connectivity index is 2.01. The van der Waals surface area contributed by atoms with E-state index in [4.69, 9.17) is 9.47 Å². The molecule has 8 nitrogen and oxygen atoms in total. The lowest BCUT2D eigenvalue weighted by Gasteiger charge is -2.37. The van der Waals surface area contributed by atoms with Crippen molar-refractivity contribution in [2.45, 2.75) is 45.8 Å². The van der Waals surface area contributed by atoms with Crippen LogP contribution in [-0.2, 0) is 9.47 Å². The molecule has 2 atom stereocenters. The van der Waals surface area contributed by atoms with Crippen molar-refractivity contribution in [2.75, 3.05) is 13.1 Å². The zero-order valence-corrected chi connectivity index (χ0v) is 15.4. The van der Waals surface area contributed by atoms with E-state index in [1.807, 2.05) is 6.92 Å². The molecule has 1 aliphatic heterocycles. The number of nitro groups is 1. The summed E-state index contributed by atoms with van der Waals surface area (Å²) in [5.74, 6) is -0.474. The van der Waals surface area contributed by atoms with Crippen LogP contribution in [0, 0.1) is 16.0 Å². The van der Waals surface area contributed by atoms with Crippen LogP contribution < -0.4 is 0 Å². The number of amides is 1. The first-order valence-corrected chi connectivity index (χ1v) is 8.50. The number of nitrogens with zero attached hydrogens (tertiary/aromatic N) is 2. The molecule has 0 radical (unpaired) electrons. The van der Waals surface area contributed by atoms with Crippen molar-refractivity contribution in [3.8, 4) is 0 Å². The predicted molar refractivity (Wildman–Crippen MR) is 93.9 cm³/mol. The third kappa shape index (κ3) is 5.18. The lowest BCUT2D eigenvalue weighted by Crippen LogP contribution is -2.49. The number of hydrogen-bond acceptors (Lipinski definition) is 6. The number of ether oxygens (including phenoxy) is 2. The second kappa shape index (κ2) is 7.72. The van der Waals surface area contributed by atoms with E-state index in [1.165, 1.54) is 24.3 Å². The van der Waals surface area contributed by atoms with Crippen molar-refractivity contribution < 1.29 is 24.0 Å². The molecule has 0 N–H and O–H groups in total. The first-order valence-electron chi connectivity index (χ1n) is 8.50. The van der Waals surface area contributed by atoms with Gasteiger partial charge in [0, 0.05) is 18.7 Å². The minimum absolute atomic E-state index is 0.0932. The van der Waals surface area contributed by atoms with E-state index >= 15 is 0 Å². The number of benzene rings is 1. The molecule has 142 valence electrons. The van der Waals surface area contributed by atoms with Crippen LogP contribution in [-0.4, -0.2) is 46.7 Å². The smallest absolute Gasteiger partial charge is 0.410 e. The molecule has 0 aromatic heterocycles. The number of likely N-dealkylation sites (tertiary alicyclic amines) is 1. The first kappa shape index (κ1) is 19.7. The van der Waals surface area contributed by atoms with Gasteiger partial charge >= 0.3 is 12.1 Å². The fourth-order valence-electron chi connectivity index (χ4n) is 2.60. The van der Waals surface area contributed by atoms with Crippen molar-refractivity contribution in [2.24, 2.45) is 5.92 Å². The Morgan fingerprint density at radius 3 is 2.38 bits per heavy atom. The molecule has 1 aliphatic rings. The summed E-state index contributed by atoms with van der Waals surface area (Å²) in [4.78, 5) is 36.2. The van der Waals surface area contributed by atoms with Crippen molar-refractivity contribution in [3.63, 3.8) is 0 Å². The normalized spacial score (nSPS) is 20.4. The molecule has 1 fully saturated rings. The Kier molecular flexibility index (Phi) is 5.84. The first-order chi connectivity index (χ1) is 12.1. The summed E-state index contributed by atoms with van der Waals surface area (Å²) in [5, 5.41) is 10.7. The summed E-state index contributed by atoms with van der Waals surface area (Å²) in [7, 11) is 0. The molecule has 0 saturated carbocycles. The summed E-state index contributed by atoms with van der Waals surface area (Å²) in [6, 6.07) is 5.24. The maximum atomic E-state index is 12.3. The van der Waals surface area contributed by atoms with Gasteiger partial charge in [0.15, 0.2) is 0 Å². The molecular weight excluding hydrogens is 340 g/mol. The van der Waals surface area contributed by atoms with Gasteiger partial charge in [-0.25, -0.2) is 9.59 Å². The number of carbonyl (C=O) groups is 2. The van der Waals surface area contributed by atoms with Crippen molar-refractivity contribution >= 4 is 17.7 Å². The Labute approximate surface area is 152 Å². The van der Waals surface area contributed by atoms with E-state index in [2.05, 4.69) is 0 Å². The quantitative estimate of drug-likeness (QED) is 0.463. The molecule has 2 rings (SSSR count). The topological polar surface area (TPSA) is 99.0 Å². The summed E-state index contributed by atoms with van der Waals surface area (Å²) < 4.78 is 10.9. The Hall–Kier alpha value is -2.64. The third-order valence-electron chi connectivity index (χ3n) is 4.11. The minimum atomic E-state index is -0.592. The second-order valence-electron chi connectivity index (χ2n) is 7.44. The van der Waals surface area contributed by atoms with Crippen LogP contribution in [0.1, 0.15) is 44.5 Å². The molecular formula is C18H24N2O6. The zero-order valence-electron chi connectivity index (χ0n) is 15.4. The standard InChI is InChI=1S/C18H24N2O6/c1-12-9-10-19(17(22)26-18(2,3)4)11-15(12)25-16(21)13-5-7-14(8-6-13)20(23)24/h5-8,12,15H,9-11H2,1-4H3/t12-,15-/m1/s1. The number of carbonyl (C=O) groups excluding carboxylic acids is 2. The Morgan fingerprint density at radius 1 is 1.23 bits per heavy atom. The van der Waals surface area contributed by atoms with Crippen LogP contribution in [0.5, 0.6) is 0 Å². The van der Waals surface area contributed by atoms with Crippen LogP contribution in [0.15, 0.2) is 24.3 Å². The summed E-state index contributed by atoms with van der Waals surface area (Å²) >= 11 is 0. The highest BCUT2D eigenvalue weighted by molar-refractivity contribution is 5.89. The van der Waals surface area contributed by atoms with Crippen LogP contribution >= 0.6 is 0 Å². The van der Waals surface area contributed by atoms with E-state index in [9.17, 15) is 19.7 Å². The maximum absolute atomic E-state index is 12.3. The second-order valence-corrected chi connectivity index (χ2v) is 7.44. The van der Waals surface area contributed by atoms with E-state index in [1.54, 1.807) is 25.7 Å². The van der Waals surface area contributed by atoms with E-state index in [-0.39, 0.29) is 23.7 Å². The summed E-state index contributed by atoms with van der Waals surface area (Å²) in [6.45, 7) is 8.15. The van der Waals surface area contributed by atoms with Gasteiger partial charge in [-0.3, -0.25) is 10.1 Å². The molecule has 1 aromatic rings. The fraction of sp³-hybridized carbons (Fsp3) is 0.556. The Bertz CT molecular complexity index is 680. The fourth-order valence-corrected chi connectivity index (χ4v) is 2.60. The number of rotatable bonds is 3. The molecule has 1 heterocycles. The minimum Gasteiger partial charge on any atom is -0.457 e. The Morgan fingerprint density at radius 2 is 1.85 bits per heavy atom. The highest BCUT2D eigenvalue weighted by Gasteiger charge is 2.33. The van der Waals surface area contributed by atoms with Gasteiger partial charge in [-0.05, 0) is 45.2 Å². The molecule has 0 spiro atoms. The molecule has 26 heavy (non-hydrogen) atoms.